The highest BCUT2D eigenvalue weighted by Gasteiger charge is 2.25. The molecule has 2 unspecified atom stereocenters. The summed E-state index contributed by atoms with van der Waals surface area (Å²) in [4.78, 5) is 23.8. The van der Waals surface area contributed by atoms with Gasteiger partial charge >= 0.3 is 5.97 Å². The van der Waals surface area contributed by atoms with Crippen LogP contribution in [-0.4, -0.2) is 17.0 Å². The second kappa shape index (κ2) is 6.75. The Morgan fingerprint density at radius 3 is 2.41 bits per heavy atom. The first kappa shape index (κ1) is 16.2. The number of carbonyl (C=O) groups is 2. The molecule has 116 valence electrons. The van der Waals surface area contributed by atoms with E-state index in [1.807, 2.05) is 42.8 Å². The molecular weight excluding hydrogens is 298 g/mol. The van der Waals surface area contributed by atoms with Crippen molar-refractivity contribution in [2.75, 3.05) is 0 Å². The van der Waals surface area contributed by atoms with Gasteiger partial charge in [0, 0.05) is 0 Å². The molecule has 2 atom stereocenters. The van der Waals surface area contributed by atoms with Crippen molar-refractivity contribution < 1.29 is 14.7 Å². The summed E-state index contributed by atoms with van der Waals surface area (Å²) in [7, 11) is 0. The molecule has 0 saturated carbocycles. The van der Waals surface area contributed by atoms with Crippen molar-refractivity contribution in [2.24, 2.45) is 0 Å². The minimum atomic E-state index is -1.06. The predicted molar refractivity (Wildman–Crippen MR) is 87.2 cm³/mol. The van der Waals surface area contributed by atoms with Crippen molar-refractivity contribution >= 4 is 23.2 Å². The summed E-state index contributed by atoms with van der Waals surface area (Å²) in [5.41, 5.74) is 3.57. The molecule has 0 saturated heterocycles. The molecule has 22 heavy (non-hydrogen) atoms. The topological polar surface area (TPSA) is 66.4 Å². The van der Waals surface area contributed by atoms with E-state index in [-0.39, 0.29) is 11.8 Å². The Bertz CT molecular complexity index is 679. The van der Waals surface area contributed by atoms with Crippen LogP contribution >= 0.6 is 11.3 Å². The van der Waals surface area contributed by atoms with Crippen molar-refractivity contribution in [3.63, 3.8) is 0 Å². The van der Waals surface area contributed by atoms with Gasteiger partial charge in [-0.05, 0) is 59.9 Å². The van der Waals surface area contributed by atoms with Gasteiger partial charge in [-0.3, -0.25) is 4.79 Å². The number of hydrogen-bond acceptors (Lipinski definition) is 3. The molecule has 2 aromatic rings. The van der Waals surface area contributed by atoms with Crippen molar-refractivity contribution in [3.8, 4) is 0 Å². The molecule has 0 bridgehead atoms. The first-order valence-electron chi connectivity index (χ1n) is 7.02. The van der Waals surface area contributed by atoms with Gasteiger partial charge < -0.3 is 10.4 Å². The van der Waals surface area contributed by atoms with Gasteiger partial charge in [-0.1, -0.05) is 18.2 Å². The average Bonchev–Trinajstić information content (AvgIpc) is 3.00. The van der Waals surface area contributed by atoms with Crippen molar-refractivity contribution in [2.45, 2.75) is 32.7 Å². The summed E-state index contributed by atoms with van der Waals surface area (Å²) in [5, 5.41) is 15.9. The number of nitrogens with one attached hydrogen (secondary N) is 1. The lowest BCUT2D eigenvalue weighted by atomic mass is 9.99. The van der Waals surface area contributed by atoms with Crippen molar-refractivity contribution in [1.29, 1.82) is 0 Å². The first-order chi connectivity index (χ1) is 10.4. The van der Waals surface area contributed by atoms with Gasteiger partial charge in [0.05, 0.1) is 5.92 Å². The van der Waals surface area contributed by atoms with Crippen LogP contribution in [0.2, 0.25) is 0 Å². The summed E-state index contributed by atoms with van der Waals surface area (Å²) in [6.45, 7) is 5.66. The molecule has 0 fully saturated rings. The number of rotatable bonds is 5. The molecule has 2 rings (SSSR count). The van der Waals surface area contributed by atoms with E-state index in [0.717, 1.165) is 16.7 Å². The normalized spacial score (nSPS) is 13.4. The van der Waals surface area contributed by atoms with Gasteiger partial charge in [0.2, 0.25) is 5.91 Å². The molecule has 0 aliphatic heterocycles. The Balaban J connectivity index is 2.20. The lowest BCUT2D eigenvalue weighted by Crippen LogP contribution is -2.36. The first-order valence-corrected chi connectivity index (χ1v) is 7.97. The number of aliphatic carboxylic acids is 1. The monoisotopic (exact) mass is 317 g/mol. The number of aryl methyl sites for hydroxylation is 2. The zero-order chi connectivity index (χ0) is 16.3. The molecule has 0 aliphatic carbocycles. The number of thiophene rings is 1. The van der Waals surface area contributed by atoms with Crippen molar-refractivity contribution in [3.05, 3.63) is 57.3 Å². The maximum Gasteiger partial charge on any atom is 0.330 e. The maximum atomic E-state index is 12.3. The summed E-state index contributed by atoms with van der Waals surface area (Å²) in [6, 6.07) is 6.27. The van der Waals surface area contributed by atoms with Crippen LogP contribution in [0.4, 0.5) is 0 Å². The highest BCUT2D eigenvalue weighted by molar-refractivity contribution is 7.08. The molecule has 1 aromatic heterocycles. The third-order valence-corrected chi connectivity index (χ3v) is 4.54. The second-order valence-corrected chi connectivity index (χ2v) is 6.18. The Morgan fingerprint density at radius 2 is 1.86 bits per heavy atom. The van der Waals surface area contributed by atoms with Crippen LogP contribution in [0, 0.1) is 13.8 Å². The SMILES string of the molecule is Cc1ccc(C(NC(=O)C(C)c2ccsc2)C(=O)O)cc1C. The van der Waals surface area contributed by atoms with E-state index in [2.05, 4.69) is 5.32 Å². The van der Waals surface area contributed by atoms with Gasteiger partial charge in [0.25, 0.3) is 0 Å². The molecule has 2 N–H and O–H groups in total. The standard InChI is InChI=1S/C17H19NO3S/c1-10-4-5-13(8-11(10)2)15(17(20)21)18-16(19)12(3)14-6-7-22-9-14/h4-9,12,15H,1-3H3,(H,18,19)(H,20,21). The smallest absolute Gasteiger partial charge is 0.330 e. The Kier molecular flexibility index (Phi) is 4.98. The summed E-state index contributed by atoms with van der Waals surface area (Å²) in [5.74, 6) is -1.72. The fourth-order valence-corrected chi connectivity index (χ4v) is 2.93. The van der Waals surface area contributed by atoms with Gasteiger partial charge in [-0.25, -0.2) is 4.79 Å². The van der Waals surface area contributed by atoms with Gasteiger partial charge in [0.15, 0.2) is 6.04 Å². The van der Waals surface area contributed by atoms with E-state index in [4.69, 9.17) is 0 Å². The van der Waals surface area contributed by atoms with E-state index in [9.17, 15) is 14.7 Å². The Labute approximate surface area is 133 Å². The van der Waals surface area contributed by atoms with Crippen LogP contribution in [0.5, 0.6) is 0 Å². The van der Waals surface area contributed by atoms with E-state index in [1.54, 1.807) is 13.0 Å². The quantitative estimate of drug-likeness (QED) is 0.888. The Morgan fingerprint density at radius 1 is 1.14 bits per heavy atom. The zero-order valence-corrected chi connectivity index (χ0v) is 13.6. The van der Waals surface area contributed by atoms with Gasteiger partial charge in [-0.2, -0.15) is 11.3 Å². The zero-order valence-electron chi connectivity index (χ0n) is 12.8. The fraction of sp³-hybridized carbons (Fsp3) is 0.294. The fourth-order valence-electron chi connectivity index (χ4n) is 2.17. The van der Waals surface area contributed by atoms with E-state index < -0.39 is 12.0 Å². The van der Waals surface area contributed by atoms with Crippen LogP contribution in [-0.2, 0) is 9.59 Å². The van der Waals surface area contributed by atoms with Crippen LogP contribution in [0.25, 0.3) is 0 Å². The lowest BCUT2D eigenvalue weighted by molar-refractivity contribution is -0.142. The number of carbonyl (C=O) groups excluding carboxylic acids is 1. The second-order valence-electron chi connectivity index (χ2n) is 5.40. The summed E-state index contributed by atoms with van der Waals surface area (Å²) >= 11 is 1.51. The number of carboxylic acid groups (broad SMARTS) is 1. The van der Waals surface area contributed by atoms with Gasteiger partial charge in [0.1, 0.15) is 0 Å². The third kappa shape index (κ3) is 3.54. The lowest BCUT2D eigenvalue weighted by Gasteiger charge is -2.18. The third-order valence-electron chi connectivity index (χ3n) is 3.83. The molecule has 0 radical (unpaired) electrons. The molecule has 5 heteroatoms. The number of hydrogen-bond donors (Lipinski definition) is 2. The maximum absolute atomic E-state index is 12.3. The van der Waals surface area contributed by atoms with Crippen molar-refractivity contribution in [1.82, 2.24) is 5.32 Å². The largest absolute Gasteiger partial charge is 0.479 e. The minimum Gasteiger partial charge on any atom is -0.479 e. The molecule has 1 amide bonds. The van der Waals surface area contributed by atoms with Crippen LogP contribution in [0.1, 0.15) is 41.1 Å². The van der Waals surface area contributed by atoms with E-state index in [1.165, 1.54) is 11.3 Å². The number of benzene rings is 1. The molecule has 0 spiro atoms. The van der Waals surface area contributed by atoms with E-state index >= 15 is 0 Å². The number of carboxylic acids is 1. The summed E-state index contributed by atoms with van der Waals surface area (Å²) in [6.07, 6.45) is 0. The van der Waals surface area contributed by atoms with Gasteiger partial charge in [-0.15, -0.1) is 0 Å². The summed E-state index contributed by atoms with van der Waals surface area (Å²) < 4.78 is 0. The van der Waals surface area contributed by atoms with E-state index in [0.29, 0.717) is 5.56 Å². The average molecular weight is 317 g/mol. The van der Waals surface area contributed by atoms with Crippen LogP contribution in [0.3, 0.4) is 0 Å². The number of amides is 1. The molecule has 1 aromatic carbocycles. The molecule has 4 nitrogen and oxygen atoms in total. The van der Waals surface area contributed by atoms with Crippen LogP contribution < -0.4 is 5.32 Å². The molecule has 0 aliphatic rings. The molecule has 1 heterocycles. The highest BCUT2D eigenvalue weighted by atomic mass is 32.1. The minimum absolute atomic E-state index is 0.288. The Hall–Kier alpha value is -2.14. The predicted octanol–water partition coefficient (Wildman–Crippen LogP) is 3.41. The highest BCUT2D eigenvalue weighted by Crippen LogP contribution is 2.22. The van der Waals surface area contributed by atoms with Crippen LogP contribution in [0.15, 0.2) is 35.0 Å². The molecular formula is C17H19NO3S.